The van der Waals surface area contributed by atoms with Crippen LogP contribution in [0.3, 0.4) is 0 Å². The lowest BCUT2D eigenvalue weighted by Crippen LogP contribution is -2.37. The number of pyridine rings is 1. The summed E-state index contributed by atoms with van der Waals surface area (Å²) in [5.41, 5.74) is -0.972. The van der Waals surface area contributed by atoms with Crippen molar-refractivity contribution in [3.63, 3.8) is 0 Å². The average molecular weight is 603 g/mol. The third-order valence-electron chi connectivity index (χ3n) is 6.00. The van der Waals surface area contributed by atoms with Crippen LogP contribution in [0.1, 0.15) is 25.6 Å². The van der Waals surface area contributed by atoms with Crippen molar-refractivity contribution in [2.45, 2.75) is 32.4 Å². The number of rotatable bonds is 10. The van der Waals surface area contributed by atoms with E-state index in [1.165, 1.54) is 49.5 Å². The minimum Gasteiger partial charge on any atom is -0.449 e. The average Bonchev–Trinajstić information content (AvgIpc) is 3.28. The maximum Gasteiger partial charge on any atom is 0.420 e. The predicted octanol–water partition coefficient (Wildman–Crippen LogP) is 2.96. The van der Waals surface area contributed by atoms with Crippen LogP contribution in [0.4, 0.5) is 24.1 Å². The van der Waals surface area contributed by atoms with E-state index in [1.54, 1.807) is 21.0 Å². The summed E-state index contributed by atoms with van der Waals surface area (Å²) in [7, 11) is 6.05. The number of hydrogen-bond donors (Lipinski definition) is 1. The SMILES string of the molecule is CCOC(=O)n1c(Cn2cccc(NC(=O)[C@H](CC/C=C/C(=O)N(C)C)OC(=O)N(C)C)c2=O)nc2cc(F)c(F)cc21. The first-order chi connectivity index (χ1) is 20.3. The molecule has 0 radical (unpaired) electrons. The normalized spacial score (nSPS) is 11.8. The van der Waals surface area contributed by atoms with Gasteiger partial charge in [0, 0.05) is 46.5 Å². The molecule has 3 amide bonds. The standard InChI is InChI=1S/C28H32F2N6O7/c1-6-42-28(41)36-21-15-18(30)17(29)14-20(21)31-23(36)16-35-13-9-10-19(26(35)39)32-25(38)22(43-27(40)34(4)5)11-7-8-12-24(37)33(2)3/h8-10,12-15,22H,6-7,11,16H2,1-5H3,(H,32,38)/b12-8+/t22-/m0/s1. The van der Waals surface area contributed by atoms with Crippen LogP contribution in [0.25, 0.3) is 11.0 Å². The van der Waals surface area contributed by atoms with Crippen molar-refractivity contribution in [3.8, 4) is 0 Å². The van der Waals surface area contributed by atoms with Gasteiger partial charge in [0.05, 0.1) is 24.2 Å². The second kappa shape index (κ2) is 14.2. The number of aromatic nitrogens is 3. The van der Waals surface area contributed by atoms with E-state index in [4.69, 9.17) is 9.47 Å². The highest BCUT2D eigenvalue weighted by molar-refractivity contribution is 5.95. The van der Waals surface area contributed by atoms with E-state index in [9.17, 15) is 32.8 Å². The van der Waals surface area contributed by atoms with Crippen molar-refractivity contribution < 1.29 is 37.4 Å². The minimum atomic E-state index is -1.31. The third kappa shape index (κ3) is 8.02. The first kappa shape index (κ1) is 32.4. The van der Waals surface area contributed by atoms with Gasteiger partial charge in [-0.3, -0.25) is 14.4 Å². The Morgan fingerprint density at radius 3 is 2.44 bits per heavy atom. The summed E-state index contributed by atoms with van der Waals surface area (Å²) in [5.74, 6) is -3.47. The number of allylic oxidation sites excluding steroid dienone is 1. The molecule has 2 heterocycles. The number of ether oxygens (including phenoxy) is 2. The van der Waals surface area contributed by atoms with E-state index in [0.29, 0.717) is 0 Å². The van der Waals surface area contributed by atoms with Gasteiger partial charge in [-0.05, 0) is 38.0 Å². The van der Waals surface area contributed by atoms with Gasteiger partial charge in [-0.2, -0.15) is 0 Å². The van der Waals surface area contributed by atoms with Gasteiger partial charge in [0.1, 0.15) is 11.5 Å². The highest BCUT2D eigenvalue weighted by atomic mass is 19.2. The summed E-state index contributed by atoms with van der Waals surface area (Å²) in [6.07, 6.45) is 1.45. The number of imidazole rings is 1. The second-order valence-electron chi connectivity index (χ2n) is 9.64. The molecule has 15 heteroatoms. The maximum atomic E-state index is 14.0. The third-order valence-corrected chi connectivity index (χ3v) is 6.00. The first-order valence-corrected chi connectivity index (χ1v) is 13.1. The molecule has 0 aliphatic rings. The Balaban J connectivity index is 1.88. The predicted molar refractivity (Wildman–Crippen MR) is 152 cm³/mol. The molecule has 0 aliphatic carbocycles. The Morgan fingerprint density at radius 2 is 1.79 bits per heavy atom. The fourth-order valence-corrected chi connectivity index (χ4v) is 3.79. The molecule has 0 aliphatic heterocycles. The zero-order chi connectivity index (χ0) is 31.8. The topological polar surface area (TPSA) is 145 Å². The molecule has 0 spiro atoms. The van der Waals surface area contributed by atoms with Gasteiger partial charge in [0.25, 0.3) is 11.5 Å². The summed E-state index contributed by atoms with van der Waals surface area (Å²) < 4.78 is 40.2. The number of amides is 3. The molecule has 230 valence electrons. The number of fused-ring (bicyclic) bond motifs is 1. The number of benzene rings is 1. The molecule has 0 unspecified atom stereocenters. The van der Waals surface area contributed by atoms with Gasteiger partial charge in [0.2, 0.25) is 5.91 Å². The van der Waals surface area contributed by atoms with Crippen LogP contribution in [0, 0.1) is 11.6 Å². The largest absolute Gasteiger partial charge is 0.449 e. The summed E-state index contributed by atoms with van der Waals surface area (Å²) in [6, 6.07) is 4.41. The molecule has 3 rings (SSSR count). The van der Waals surface area contributed by atoms with Gasteiger partial charge >= 0.3 is 12.2 Å². The smallest absolute Gasteiger partial charge is 0.420 e. The van der Waals surface area contributed by atoms with Crippen LogP contribution in [-0.2, 0) is 25.6 Å². The van der Waals surface area contributed by atoms with Crippen LogP contribution in [-0.4, -0.2) is 88.8 Å². The number of halogens is 2. The Labute approximate surface area is 245 Å². The molecule has 0 bridgehead atoms. The monoisotopic (exact) mass is 602 g/mol. The van der Waals surface area contributed by atoms with E-state index in [1.807, 2.05) is 0 Å². The molecule has 2 aromatic heterocycles. The maximum absolute atomic E-state index is 14.0. The van der Waals surface area contributed by atoms with Crippen molar-refractivity contribution in [2.75, 3.05) is 40.1 Å². The Kier molecular flexibility index (Phi) is 10.7. The Hall–Kier alpha value is -5.08. The molecule has 0 saturated carbocycles. The molecule has 13 nitrogen and oxygen atoms in total. The second-order valence-corrected chi connectivity index (χ2v) is 9.64. The Bertz CT molecular complexity index is 1610. The molecule has 43 heavy (non-hydrogen) atoms. The van der Waals surface area contributed by atoms with E-state index >= 15 is 0 Å². The van der Waals surface area contributed by atoms with Gasteiger partial charge in [-0.1, -0.05) is 6.08 Å². The van der Waals surface area contributed by atoms with Gasteiger partial charge < -0.3 is 29.2 Å². The summed E-state index contributed by atoms with van der Waals surface area (Å²) in [5, 5.41) is 2.46. The number of nitrogens with one attached hydrogen (secondary N) is 1. The van der Waals surface area contributed by atoms with Crippen molar-refractivity contribution in [2.24, 2.45) is 0 Å². The number of hydrogen-bond acceptors (Lipinski definition) is 8. The lowest BCUT2D eigenvalue weighted by atomic mass is 10.1. The quantitative estimate of drug-likeness (QED) is 0.349. The number of nitrogens with zero attached hydrogens (tertiary/aromatic N) is 5. The lowest BCUT2D eigenvalue weighted by Gasteiger charge is -2.19. The van der Waals surface area contributed by atoms with Crippen molar-refractivity contribution in [3.05, 3.63) is 70.4 Å². The molecule has 1 atom stereocenters. The summed E-state index contributed by atoms with van der Waals surface area (Å²) in [4.78, 5) is 69.8. The van der Waals surface area contributed by atoms with Crippen molar-refractivity contribution in [1.29, 1.82) is 0 Å². The zero-order valence-corrected chi connectivity index (χ0v) is 24.3. The van der Waals surface area contributed by atoms with Gasteiger partial charge in [-0.25, -0.2) is 27.9 Å². The van der Waals surface area contributed by atoms with E-state index < -0.39 is 41.4 Å². The molecule has 0 saturated heterocycles. The molecule has 0 fully saturated rings. The first-order valence-electron chi connectivity index (χ1n) is 13.1. The van der Waals surface area contributed by atoms with Crippen LogP contribution in [0.5, 0.6) is 0 Å². The lowest BCUT2D eigenvalue weighted by molar-refractivity contribution is -0.125. The molecular formula is C28H32F2N6O7. The number of carbonyl (C=O) groups excluding carboxylic acids is 4. The van der Waals surface area contributed by atoms with E-state index in [0.717, 1.165) is 26.2 Å². The van der Waals surface area contributed by atoms with Gasteiger partial charge in [0.15, 0.2) is 17.7 Å². The molecule has 3 aromatic rings. The van der Waals surface area contributed by atoms with Crippen LogP contribution < -0.4 is 10.9 Å². The fraction of sp³-hybridized carbons (Fsp3) is 0.357. The zero-order valence-electron chi connectivity index (χ0n) is 24.3. The highest BCUT2D eigenvalue weighted by Crippen LogP contribution is 2.21. The highest BCUT2D eigenvalue weighted by Gasteiger charge is 2.25. The van der Waals surface area contributed by atoms with Crippen LogP contribution >= 0.6 is 0 Å². The molecule has 1 aromatic carbocycles. The number of anilines is 1. The minimum absolute atomic E-state index is 0.00952. The van der Waals surface area contributed by atoms with Crippen LogP contribution in [0.15, 0.2) is 47.4 Å². The number of carbonyl (C=O) groups is 4. The molecule has 1 N–H and O–H groups in total. The van der Waals surface area contributed by atoms with E-state index in [-0.39, 0.29) is 54.4 Å². The van der Waals surface area contributed by atoms with E-state index in [2.05, 4.69) is 10.3 Å². The van der Waals surface area contributed by atoms with Crippen LogP contribution in [0.2, 0.25) is 0 Å². The van der Waals surface area contributed by atoms with Crippen molar-refractivity contribution >= 4 is 40.7 Å². The Morgan fingerprint density at radius 1 is 1.09 bits per heavy atom. The number of likely N-dealkylation sites (N-methyl/N-ethyl adjacent to an activating group) is 1. The summed E-state index contributed by atoms with van der Waals surface area (Å²) in [6.45, 7) is 1.23. The fourth-order valence-electron chi connectivity index (χ4n) is 3.79. The molecular weight excluding hydrogens is 570 g/mol. The summed E-state index contributed by atoms with van der Waals surface area (Å²) >= 11 is 0. The van der Waals surface area contributed by atoms with Crippen molar-refractivity contribution in [1.82, 2.24) is 23.9 Å². The van der Waals surface area contributed by atoms with Gasteiger partial charge in [-0.15, -0.1) is 0 Å².